The van der Waals surface area contributed by atoms with E-state index in [9.17, 15) is 13.2 Å². The third-order valence-electron chi connectivity index (χ3n) is 7.48. The zero-order valence-electron chi connectivity index (χ0n) is 18.5. The Morgan fingerprint density at radius 1 is 1.07 bits per heavy atom. The van der Waals surface area contributed by atoms with Crippen molar-refractivity contribution in [1.82, 2.24) is 19.7 Å². The van der Waals surface area contributed by atoms with Crippen LogP contribution in [0.1, 0.15) is 63.5 Å². The van der Waals surface area contributed by atoms with Gasteiger partial charge in [-0.1, -0.05) is 20.8 Å². The first-order valence-electron chi connectivity index (χ1n) is 11.3. The first kappa shape index (κ1) is 21.6. The Balaban J connectivity index is 1.62. The maximum absolute atomic E-state index is 13.2. The van der Waals surface area contributed by atoms with Crippen LogP contribution in [-0.4, -0.2) is 71.7 Å². The average molecular weight is 438 g/mol. The monoisotopic (exact) mass is 437 g/mol. The molecule has 3 aliphatic rings. The minimum absolute atomic E-state index is 0.0423. The summed E-state index contributed by atoms with van der Waals surface area (Å²) in [5.74, 6) is 2.46. The Morgan fingerprint density at radius 2 is 1.73 bits per heavy atom. The summed E-state index contributed by atoms with van der Waals surface area (Å²) < 4.78 is 25.7. The van der Waals surface area contributed by atoms with Crippen molar-refractivity contribution >= 4 is 21.7 Å². The van der Waals surface area contributed by atoms with Crippen LogP contribution in [0.25, 0.3) is 0 Å². The molecule has 4 heterocycles. The number of hydrogen-bond donors (Lipinski definition) is 0. The quantitative estimate of drug-likeness (QED) is 0.718. The fourth-order valence-corrected chi connectivity index (χ4v) is 6.52. The molecular weight excluding hydrogens is 402 g/mol. The van der Waals surface area contributed by atoms with Crippen molar-refractivity contribution in [3.63, 3.8) is 0 Å². The molecule has 1 aromatic heterocycles. The molecule has 0 aliphatic carbocycles. The zero-order chi connectivity index (χ0) is 21.5. The second-order valence-electron chi connectivity index (χ2n) is 10.1. The number of rotatable bonds is 4. The molecule has 0 saturated carbocycles. The van der Waals surface area contributed by atoms with Crippen LogP contribution >= 0.6 is 0 Å². The molecule has 1 atom stereocenters. The first-order chi connectivity index (χ1) is 14.2. The number of piperidine rings is 1. The van der Waals surface area contributed by atoms with Crippen LogP contribution in [-0.2, 0) is 16.4 Å². The Bertz CT molecular complexity index is 874. The van der Waals surface area contributed by atoms with Gasteiger partial charge in [0.1, 0.15) is 9.84 Å². The summed E-state index contributed by atoms with van der Waals surface area (Å²) in [6.45, 7) is 10.8. The van der Waals surface area contributed by atoms with Crippen LogP contribution < -0.4 is 4.90 Å². The van der Waals surface area contributed by atoms with Crippen molar-refractivity contribution < 1.29 is 13.2 Å². The highest BCUT2D eigenvalue weighted by Gasteiger charge is 2.37. The van der Waals surface area contributed by atoms with Crippen molar-refractivity contribution in [3.05, 3.63) is 5.82 Å². The number of sulfone groups is 1. The lowest BCUT2D eigenvalue weighted by Crippen LogP contribution is -2.46. The molecular formula is C21H35N5O3S. The second-order valence-corrected chi connectivity index (χ2v) is 12.4. The van der Waals surface area contributed by atoms with Crippen molar-refractivity contribution in [2.24, 2.45) is 17.3 Å². The summed E-state index contributed by atoms with van der Waals surface area (Å²) in [6.07, 6.45) is 4.42. The molecule has 0 N–H and O–H groups in total. The summed E-state index contributed by atoms with van der Waals surface area (Å²) in [4.78, 5) is 17.3. The molecule has 1 unspecified atom stereocenters. The van der Waals surface area contributed by atoms with Gasteiger partial charge in [-0.15, -0.1) is 10.2 Å². The van der Waals surface area contributed by atoms with Crippen LogP contribution in [0.3, 0.4) is 0 Å². The van der Waals surface area contributed by atoms with Gasteiger partial charge in [0, 0.05) is 32.7 Å². The summed E-state index contributed by atoms with van der Waals surface area (Å²) in [7, 11) is -2.91. The predicted molar refractivity (Wildman–Crippen MR) is 116 cm³/mol. The number of hydrogen-bond acceptors (Lipinski definition) is 6. The fourth-order valence-electron chi connectivity index (χ4n) is 4.93. The van der Waals surface area contributed by atoms with Gasteiger partial charge < -0.3 is 9.80 Å². The van der Waals surface area contributed by atoms with E-state index in [1.807, 2.05) is 9.47 Å². The number of amides is 1. The third kappa shape index (κ3) is 4.36. The minimum Gasteiger partial charge on any atom is -0.340 e. The Hall–Kier alpha value is -1.64. The van der Waals surface area contributed by atoms with Crippen molar-refractivity contribution in [2.75, 3.05) is 42.6 Å². The summed E-state index contributed by atoms with van der Waals surface area (Å²) >= 11 is 0. The van der Waals surface area contributed by atoms with Gasteiger partial charge >= 0.3 is 0 Å². The lowest BCUT2D eigenvalue weighted by atomic mass is 9.75. The van der Waals surface area contributed by atoms with Crippen molar-refractivity contribution in [2.45, 2.75) is 59.4 Å². The molecule has 1 aromatic rings. The van der Waals surface area contributed by atoms with Crippen molar-refractivity contribution in [1.29, 1.82) is 0 Å². The molecule has 8 nitrogen and oxygen atoms in total. The van der Waals surface area contributed by atoms with Gasteiger partial charge in [0.15, 0.2) is 0 Å². The molecule has 0 aromatic carbocycles. The van der Waals surface area contributed by atoms with E-state index in [2.05, 4.69) is 35.9 Å². The summed E-state index contributed by atoms with van der Waals surface area (Å²) in [5.41, 5.74) is 0.160. The van der Waals surface area contributed by atoms with E-state index in [4.69, 9.17) is 0 Å². The molecule has 9 heteroatoms. The maximum Gasteiger partial charge on any atom is 0.291 e. The molecule has 0 radical (unpaired) electrons. The van der Waals surface area contributed by atoms with Gasteiger partial charge in [0.05, 0.1) is 11.5 Å². The molecule has 0 spiro atoms. The van der Waals surface area contributed by atoms with Gasteiger partial charge in [-0.25, -0.2) is 8.42 Å². The number of anilines is 1. The van der Waals surface area contributed by atoms with E-state index in [-0.39, 0.29) is 28.7 Å². The second kappa shape index (κ2) is 8.13. The van der Waals surface area contributed by atoms with Crippen LogP contribution in [0.15, 0.2) is 0 Å². The van der Waals surface area contributed by atoms with Gasteiger partial charge in [-0.3, -0.25) is 9.36 Å². The van der Waals surface area contributed by atoms with Crippen LogP contribution in [0, 0.1) is 17.3 Å². The number of nitrogens with zero attached hydrogens (tertiary/aromatic N) is 5. The van der Waals surface area contributed by atoms with Crippen LogP contribution in [0.2, 0.25) is 0 Å². The molecule has 4 rings (SSSR count). The largest absolute Gasteiger partial charge is 0.340 e. The molecule has 1 amide bonds. The SMILES string of the molecule is CC1CCN(c2nnc(C(=O)N3CCCC3)n2CC2CCS(=O)(=O)CC2)CC1(C)C. The van der Waals surface area contributed by atoms with E-state index in [1.54, 1.807) is 0 Å². The van der Waals surface area contributed by atoms with E-state index in [0.29, 0.717) is 31.1 Å². The molecule has 3 aliphatic heterocycles. The lowest BCUT2D eigenvalue weighted by molar-refractivity contribution is 0.0773. The van der Waals surface area contributed by atoms with Gasteiger partial charge in [0.25, 0.3) is 5.91 Å². The highest BCUT2D eigenvalue weighted by atomic mass is 32.2. The third-order valence-corrected chi connectivity index (χ3v) is 9.19. The van der Waals surface area contributed by atoms with Gasteiger partial charge in [-0.05, 0) is 49.4 Å². The maximum atomic E-state index is 13.2. The van der Waals surface area contributed by atoms with E-state index in [0.717, 1.165) is 51.4 Å². The number of aromatic nitrogens is 3. The first-order valence-corrected chi connectivity index (χ1v) is 13.2. The molecule has 168 valence electrons. The van der Waals surface area contributed by atoms with E-state index in [1.165, 1.54) is 0 Å². The number of carbonyl (C=O) groups excluding carboxylic acids is 1. The zero-order valence-corrected chi connectivity index (χ0v) is 19.3. The van der Waals surface area contributed by atoms with Gasteiger partial charge in [0.2, 0.25) is 11.8 Å². The predicted octanol–water partition coefficient (Wildman–Crippen LogP) is 2.21. The average Bonchev–Trinajstić information content (AvgIpc) is 3.35. The highest BCUT2D eigenvalue weighted by Crippen LogP contribution is 2.36. The Kier molecular flexibility index (Phi) is 5.85. The van der Waals surface area contributed by atoms with Crippen LogP contribution in [0.4, 0.5) is 5.95 Å². The molecule has 3 saturated heterocycles. The molecule has 30 heavy (non-hydrogen) atoms. The smallest absolute Gasteiger partial charge is 0.291 e. The normalized spacial score (nSPS) is 26.8. The number of carbonyl (C=O) groups is 1. The standard InChI is InChI=1S/C21H35N5O3S/c1-16-6-11-25(15-21(16,2)3)20-23-22-18(19(27)24-9-4-5-10-24)26(20)14-17-7-12-30(28,29)13-8-17/h16-17H,4-15H2,1-3H3. The summed E-state index contributed by atoms with van der Waals surface area (Å²) in [6, 6.07) is 0. The number of likely N-dealkylation sites (tertiary alicyclic amines) is 1. The Morgan fingerprint density at radius 3 is 2.37 bits per heavy atom. The minimum atomic E-state index is -2.91. The highest BCUT2D eigenvalue weighted by molar-refractivity contribution is 7.91. The fraction of sp³-hybridized carbons (Fsp3) is 0.857. The lowest BCUT2D eigenvalue weighted by Gasteiger charge is -2.43. The van der Waals surface area contributed by atoms with Crippen LogP contribution in [0.5, 0.6) is 0 Å². The van der Waals surface area contributed by atoms with E-state index >= 15 is 0 Å². The summed E-state index contributed by atoms with van der Waals surface area (Å²) in [5, 5.41) is 8.85. The topological polar surface area (TPSA) is 88.4 Å². The Labute approximate surface area is 179 Å². The van der Waals surface area contributed by atoms with Gasteiger partial charge in [-0.2, -0.15) is 0 Å². The van der Waals surface area contributed by atoms with E-state index < -0.39 is 9.84 Å². The molecule has 3 fully saturated rings. The molecule has 0 bridgehead atoms. The van der Waals surface area contributed by atoms with Crippen molar-refractivity contribution in [3.8, 4) is 0 Å².